The molecule has 0 saturated heterocycles. The van der Waals surface area contributed by atoms with E-state index in [1.54, 1.807) is 7.11 Å². The van der Waals surface area contributed by atoms with Crippen molar-refractivity contribution in [3.05, 3.63) is 41.6 Å². The van der Waals surface area contributed by atoms with Gasteiger partial charge in [0.25, 0.3) is 0 Å². The zero-order valence-electron chi connectivity index (χ0n) is 11.2. The molecule has 2 amide bonds. The van der Waals surface area contributed by atoms with E-state index < -0.39 is 0 Å². The number of hydrogen-bond acceptors (Lipinski definition) is 2. The van der Waals surface area contributed by atoms with E-state index in [4.69, 9.17) is 4.74 Å². The van der Waals surface area contributed by atoms with E-state index in [9.17, 15) is 4.79 Å². The maximum Gasteiger partial charge on any atom is 0.319 e. The Balaban J connectivity index is 1.77. The lowest BCUT2D eigenvalue weighted by molar-refractivity contribution is 0.243. The number of amides is 2. The van der Waals surface area contributed by atoms with Crippen LogP contribution in [0.4, 0.5) is 4.79 Å². The zero-order chi connectivity index (χ0) is 13.5. The van der Waals surface area contributed by atoms with E-state index in [1.165, 1.54) is 18.4 Å². The van der Waals surface area contributed by atoms with Crippen LogP contribution in [0.2, 0.25) is 0 Å². The summed E-state index contributed by atoms with van der Waals surface area (Å²) in [5.41, 5.74) is 2.35. The van der Waals surface area contributed by atoms with Crippen molar-refractivity contribution in [2.24, 2.45) is 0 Å². The fourth-order valence-electron chi connectivity index (χ4n) is 2.16. The second-order valence-electron chi connectivity index (χ2n) is 4.69. The molecule has 102 valence electrons. The highest BCUT2D eigenvalue weighted by atomic mass is 16.5. The van der Waals surface area contributed by atoms with Crippen LogP contribution in [0.15, 0.2) is 36.0 Å². The van der Waals surface area contributed by atoms with Gasteiger partial charge in [0.2, 0.25) is 0 Å². The number of benzene rings is 1. The minimum absolute atomic E-state index is 0.165. The van der Waals surface area contributed by atoms with Gasteiger partial charge < -0.3 is 15.4 Å². The molecule has 0 unspecified atom stereocenters. The molecule has 2 rings (SSSR count). The highest BCUT2D eigenvalue weighted by Gasteiger charge is 2.06. The van der Waals surface area contributed by atoms with Crippen molar-refractivity contribution in [3.63, 3.8) is 0 Å². The van der Waals surface area contributed by atoms with Crippen LogP contribution in [0.3, 0.4) is 0 Å². The number of allylic oxidation sites excluding steroid dienone is 1. The molecule has 0 bridgehead atoms. The molecule has 1 aromatic carbocycles. The number of hydrogen-bond donors (Lipinski definition) is 2. The lowest BCUT2D eigenvalue weighted by atomic mass is 10.2. The average Bonchev–Trinajstić information content (AvgIpc) is 2.96. The van der Waals surface area contributed by atoms with Crippen LogP contribution in [0.5, 0.6) is 5.75 Å². The van der Waals surface area contributed by atoms with E-state index in [0.717, 1.165) is 24.2 Å². The standard InChI is InChI=1S/C15H20N2O2/c1-19-14-8-4-7-13(9-14)11-17-15(18)16-10-12-5-2-3-6-12/h4,7-10H,2-3,5-6,11H2,1H3,(H2,16,17,18). The van der Waals surface area contributed by atoms with Crippen LogP contribution < -0.4 is 15.4 Å². The third kappa shape index (κ3) is 4.32. The molecule has 1 aliphatic carbocycles. The molecule has 0 radical (unpaired) electrons. The van der Waals surface area contributed by atoms with E-state index in [0.29, 0.717) is 6.54 Å². The quantitative estimate of drug-likeness (QED) is 0.874. The molecule has 19 heavy (non-hydrogen) atoms. The highest BCUT2D eigenvalue weighted by Crippen LogP contribution is 2.22. The Morgan fingerprint density at radius 1 is 1.37 bits per heavy atom. The molecule has 4 nitrogen and oxygen atoms in total. The highest BCUT2D eigenvalue weighted by molar-refractivity contribution is 5.75. The fraction of sp³-hybridized carbons (Fsp3) is 0.400. The first-order valence-electron chi connectivity index (χ1n) is 6.63. The minimum atomic E-state index is -0.165. The van der Waals surface area contributed by atoms with Crippen LogP contribution in [-0.4, -0.2) is 13.1 Å². The van der Waals surface area contributed by atoms with Crippen LogP contribution in [0.1, 0.15) is 31.2 Å². The number of urea groups is 1. The number of methoxy groups -OCH3 is 1. The molecule has 0 aromatic heterocycles. The van der Waals surface area contributed by atoms with Gasteiger partial charge in [-0.3, -0.25) is 0 Å². The van der Waals surface area contributed by atoms with Gasteiger partial charge in [0.15, 0.2) is 0 Å². The lowest BCUT2D eigenvalue weighted by Crippen LogP contribution is -2.31. The van der Waals surface area contributed by atoms with Crippen molar-refractivity contribution in [1.29, 1.82) is 0 Å². The normalized spacial score (nSPS) is 14.1. The molecule has 1 aromatic rings. The number of rotatable bonds is 4. The van der Waals surface area contributed by atoms with E-state index in [-0.39, 0.29) is 6.03 Å². The maximum atomic E-state index is 11.6. The summed E-state index contributed by atoms with van der Waals surface area (Å²) < 4.78 is 5.14. The first-order chi connectivity index (χ1) is 9.28. The summed E-state index contributed by atoms with van der Waals surface area (Å²) in [6.45, 7) is 0.492. The maximum absolute atomic E-state index is 11.6. The number of ether oxygens (including phenoxy) is 1. The Kier molecular flexibility index (Phi) is 4.84. The predicted octanol–water partition coefficient (Wildman–Crippen LogP) is 2.95. The second-order valence-corrected chi connectivity index (χ2v) is 4.69. The molecule has 1 fully saturated rings. The van der Waals surface area contributed by atoms with Gasteiger partial charge in [-0.1, -0.05) is 17.7 Å². The first kappa shape index (κ1) is 13.5. The first-order valence-corrected chi connectivity index (χ1v) is 6.63. The smallest absolute Gasteiger partial charge is 0.319 e. The largest absolute Gasteiger partial charge is 0.497 e. The van der Waals surface area contributed by atoms with Crippen LogP contribution >= 0.6 is 0 Å². The molecular weight excluding hydrogens is 240 g/mol. The van der Waals surface area contributed by atoms with E-state index in [1.807, 2.05) is 30.5 Å². The van der Waals surface area contributed by atoms with Gasteiger partial charge >= 0.3 is 6.03 Å². The Labute approximate surface area is 113 Å². The summed E-state index contributed by atoms with van der Waals surface area (Å²) in [7, 11) is 1.63. The minimum Gasteiger partial charge on any atom is -0.497 e. The van der Waals surface area contributed by atoms with Crippen molar-refractivity contribution in [2.45, 2.75) is 32.2 Å². The van der Waals surface area contributed by atoms with Gasteiger partial charge in [0.05, 0.1) is 7.11 Å². The predicted molar refractivity (Wildman–Crippen MR) is 74.9 cm³/mol. The number of carbonyl (C=O) groups is 1. The van der Waals surface area contributed by atoms with Gasteiger partial charge in [-0.2, -0.15) is 0 Å². The molecule has 2 N–H and O–H groups in total. The number of nitrogens with one attached hydrogen (secondary N) is 2. The van der Waals surface area contributed by atoms with Crippen molar-refractivity contribution in [3.8, 4) is 5.75 Å². The van der Waals surface area contributed by atoms with Crippen molar-refractivity contribution >= 4 is 6.03 Å². The summed E-state index contributed by atoms with van der Waals surface area (Å²) in [4.78, 5) is 11.6. The summed E-state index contributed by atoms with van der Waals surface area (Å²) in [6, 6.07) is 7.50. The molecular formula is C15H20N2O2. The monoisotopic (exact) mass is 260 g/mol. The zero-order valence-corrected chi connectivity index (χ0v) is 11.2. The Morgan fingerprint density at radius 2 is 2.16 bits per heavy atom. The molecule has 0 atom stereocenters. The van der Waals surface area contributed by atoms with Gasteiger partial charge in [0, 0.05) is 12.7 Å². The van der Waals surface area contributed by atoms with Crippen LogP contribution in [0, 0.1) is 0 Å². The summed E-state index contributed by atoms with van der Waals surface area (Å²) >= 11 is 0. The second kappa shape index (κ2) is 6.83. The summed E-state index contributed by atoms with van der Waals surface area (Å²) in [5, 5.41) is 5.60. The van der Waals surface area contributed by atoms with Crippen molar-refractivity contribution < 1.29 is 9.53 Å². The summed E-state index contributed by atoms with van der Waals surface area (Å²) in [5.74, 6) is 0.799. The Morgan fingerprint density at radius 3 is 2.89 bits per heavy atom. The van der Waals surface area contributed by atoms with Crippen molar-refractivity contribution in [1.82, 2.24) is 10.6 Å². The van der Waals surface area contributed by atoms with E-state index in [2.05, 4.69) is 10.6 Å². The van der Waals surface area contributed by atoms with E-state index >= 15 is 0 Å². The van der Waals surface area contributed by atoms with Crippen LogP contribution in [0.25, 0.3) is 0 Å². The van der Waals surface area contributed by atoms with Gasteiger partial charge in [-0.25, -0.2) is 4.79 Å². The summed E-state index contributed by atoms with van der Waals surface area (Å²) in [6.07, 6.45) is 6.53. The van der Waals surface area contributed by atoms with Crippen molar-refractivity contribution in [2.75, 3.05) is 7.11 Å². The molecule has 0 spiro atoms. The third-order valence-electron chi connectivity index (χ3n) is 3.24. The molecule has 4 heteroatoms. The van der Waals surface area contributed by atoms with Gasteiger partial charge in [0.1, 0.15) is 5.75 Å². The molecule has 0 aliphatic heterocycles. The SMILES string of the molecule is COc1cccc(CNC(=O)NC=C2CCCC2)c1. The third-order valence-corrected chi connectivity index (χ3v) is 3.24. The molecule has 1 aliphatic rings. The lowest BCUT2D eigenvalue weighted by Gasteiger charge is -2.07. The fourth-order valence-corrected chi connectivity index (χ4v) is 2.16. The number of carbonyl (C=O) groups excluding carboxylic acids is 1. The topological polar surface area (TPSA) is 50.4 Å². The average molecular weight is 260 g/mol. The molecule has 0 heterocycles. The van der Waals surface area contributed by atoms with Gasteiger partial charge in [-0.15, -0.1) is 0 Å². The Bertz CT molecular complexity index is 461. The molecule has 1 saturated carbocycles. The van der Waals surface area contributed by atoms with Crippen LogP contribution in [-0.2, 0) is 6.54 Å². The van der Waals surface area contributed by atoms with Gasteiger partial charge in [-0.05, 0) is 43.4 Å². The Hall–Kier alpha value is -1.97.